The summed E-state index contributed by atoms with van der Waals surface area (Å²) in [5.41, 5.74) is -0.456. The SMILES string of the molecule is CN=C(NCCC1CC1)N1CCC(OCCCNC(=O)OC(C)(C)C)CC1. The van der Waals surface area contributed by atoms with E-state index in [1.54, 1.807) is 0 Å². The van der Waals surface area contributed by atoms with Crippen molar-refractivity contribution in [3.8, 4) is 0 Å². The van der Waals surface area contributed by atoms with E-state index in [9.17, 15) is 4.79 Å². The van der Waals surface area contributed by atoms with Gasteiger partial charge in [-0.1, -0.05) is 12.8 Å². The number of aliphatic imine (C=N–C) groups is 1. The molecule has 2 rings (SSSR count). The van der Waals surface area contributed by atoms with Crippen molar-refractivity contribution >= 4 is 12.1 Å². The zero-order valence-corrected chi connectivity index (χ0v) is 17.6. The molecule has 1 saturated heterocycles. The van der Waals surface area contributed by atoms with E-state index in [2.05, 4.69) is 20.5 Å². The van der Waals surface area contributed by atoms with Crippen molar-refractivity contribution in [3.05, 3.63) is 0 Å². The minimum absolute atomic E-state index is 0.298. The highest BCUT2D eigenvalue weighted by molar-refractivity contribution is 5.79. The van der Waals surface area contributed by atoms with E-state index in [-0.39, 0.29) is 6.09 Å². The average Bonchev–Trinajstić information content (AvgIpc) is 3.42. The molecule has 2 aliphatic rings. The van der Waals surface area contributed by atoms with Gasteiger partial charge in [-0.15, -0.1) is 0 Å². The molecule has 0 aromatic carbocycles. The second-order valence-corrected chi connectivity index (χ2v) is 8.55. The molecule has 0 aromatic rings. The topological polar surface area (TPSA) is 75.2 Å². The van der Waals surface area contributed by atoms with Gasteiger partial charge in [0.2, 0.25) is 0 Å². The van der Waals surface area contributed by atoms with Crippen LogP contribution in [0.4, 0.5) is 4.79 Å². The quantitative estimate of drug-likeness (QED) is 0.384. The number of carbonyl (C=O) groups is 1. The third kappa shape index (κ3) is 9.31. The number of amides is 1. The van der Waals surface area contributed by atoms with E-state index in [0.29, 0.717) is 19.3 Å². The molecule has 1 aliphatic carbocycles. The fourth-order valence-corrected chi connectivity index (χ4v) is 3.19. The van der Waals surface area contributed by atoms with E-state index in [4.69, 9.17) is 9.47 Å². The van der Waals surface area contributed by atoms with Gasteiger partial charge in [-0.25, -0.2) is 4.79 Å². The molecule has 0 radical (unpaired) electrons. The number of likely N-dealkylation sites (tertiary alicyclic amines) is 1. The number of hydrogen-bond donors (Lipinski definition) is 2. The molecule has 27 heavy (non-hydrogen) atoms. The highest BCUT2D eigenvalue weighted by Crippen LogP contribution is 2.31. The standard InChI is InChI=1S/C20H38N4O3/c1-20(2,3)27-19(25)23-11-5-15-26-17-9-13-24(14-10-17)18(21-4)22-12-8-16-6-7-16/h16-17H,5-15H2,1-4H3,(H,21,22)(H,23,25). The Balaban J connectivity index is 1.51. The Labute approximate surface area is 164 Å². The van der Waals surface area contributed by atoms with Crippen LogP contribution in [0.3, 0.4) is 0 Å². The van der Waals surface area contributed by atoms with Crippen molar-refractivity contribution < 1.29 is 14.3 Å². The summed E-state index contributed by atoms with van der Waals surface area (Å²) in [5.74, 6) is 1.97. The third-order valence-corrected chi connectivity index (χ3v) is 4.83. The summed E-state index contributed by atoms with van der Waals surface area (Å²) in [5, 5.41) is 6.26. The van der Waals surface area contributed by atoms with Crippen LogP contribution in [0.25, 0.3) is 0 Å². The maximum atomic E-state index is 11.6. The molecule has 156 valence electrons. The lowest BCUT2D eigenvalue weighted by atomic mass is 10.1. The summed E-state index contributed by atoms with van der Waals surface area (Å²) >= 11 is 0. The largest absolute Gasteiger partial charge is 0.444 e. The summed E-state index contributed by atoms with van der Waals surface area (Å²) < 4.78 is 11.2. The van der Waals surface area contributed by atoms with Crippen LogP contribution in [0.2, 0.25) is 0 Å². The lowest BCUT2D eigenvalue weighted by molar-refractivity contribution is 0.0170. The summed E-state index contributed by atoms with van der Waals surface area (Å²) in [4.78, 5) is 18.3. The van der Waals surface area contributed by atoms with E-state index in [0.717, 1.165) is 50.8 Å². The lowest BCUT2D eigenvalue weighted by Gasteiger charge is -2.34. The van der Waals surface area contributed by atoms with E-state index < -0.39 is 5.60 Å². The van der Waals surface area contributed by atoms with Crippen molar-refractivity contribution in [3.63, 3.8) is 0 Å². The second kappa shape index (κ2) is 10.7. The highest BCUT2D eigenvalue weighted by atomic mass is 16.6. The smallest absolute Gasteiger partial charge is 0.407 e. The number of piperidine rings is 1. The number of rotatable bonds is 8. The minimum Gasteiger partial charge on any atom is -0.444 e. The van der Waals surface area contributed by atoms with Crippen LogP contribution in [0.15, 0.2) is 4.99 Å². The molecule has 7 nitrogen and oxygen atoms in total. The Hall–Kier alpha value is -1.50. The number of guanidine groups is 1. The van der Waals surface area contributed by atoms with Crippen LogP contribution in [0.1, 0.15) is 59.3 Å². The summed E-state index contributed by atoms with van der Waals surface area (Å²) in [7, 11) is 1.86. The fraction of sp³-hybridized carbons (Fsp3) is 0.900. The number of carbonyl (C=O) groups excluding carboxylic acids is 1. The van der Waals surface area contributed by atoms with Gasteiger partial charge < -0.3 is 25.0 Å². The van der Waals surface area contributed by atoms with Crippen molar-refractivity contribution in [1.82, 2.24) is 15.5 Å². The molecule has 2 N–H and O–H groups in total. The second-order valence-electron chi connectivity index (χ2n) is 8.55. The van der Waals surface area contributed by atoms with Gasteiger partial charge in [0.15, 0.2) is 5.96 Å². The van der Waals surface area contributed by atoms with Gasteiger partial charge in [-0.05, 0) is 52.4 Å². The van der Waals surface area contributed by atoms with Crippen LogP contribution >= 0.6 is 0 Å². The number of nitrogens with one attached hydrogen (secondary N) is 2. The number of hydrogen-bond acceptors (Lipinski definition) is 4. The zero-order chi connectivity index (χ0) is 19.7. The minimum atomic E-state index is -0.456. The van der Waals surface area contributed by atoms with Gasteiger partial charge in [-0.3, -0.25) is 4.99 Å². The first-order valence-electron chi connectivity index (χ1n) is 10.4. The molecule has 1 aliphatic heterocycles. The molecule has 0 bridgehead atoms. The molecule has 0 aromatic heterocycles. The molecular formula is C20H38N4O3. The molecule has 1 saturated carbocycles. The van der Waals surface area contributed by atoms with Crippen LogP contribution in [-0.4, -0.2) is 68.5 Å². The van der Waals surface area contributed by atoms with Crippen molar-refractivity contribution in [1.29, 1.82) is 0 Å². The Morgan fingerprint density at radius 3 is 2.41 bits per heavy atom. The first-order valence-corrected chi connectivity index (χ1v) is 10.4. The molecular weight excluding hydrogens is 344 g/mol. The monoisotopic (exact) mass is 382 g/mol. The normalized spacial score (nSPS) is 19.1. The van der Waals surface area contributed by atoms with Gasteiger partial charge in [0.1, 0.15) is 5.60 Å². The maximum absolute atomic E-state index is 11.6. The average molecular weight is 383 g/mol. The molecule has 1 heterocycles. The first-order chi connectivity index (χ1) is 12.9. The van der Waals surface area contributed by atoms with Crippen molar-refractivity contribution in [2.75, 3.05) is 39.8 Å². The van der Waals surface area contributed by atoms with E-state index >= 15 is 0 Å². The number of nitrogens with zero attached hydrogens (tertiary/aromatic N) is 2. The summed E-state index contributed by atoms with van der Waals surface area (Å²) in [6.07, 6.45) is 6.82. The van der Waals surface area contributed by atoms with Gasteiger partial charge in [0, 0.05) is 39.8 Å². The Bertz CT molecular complexity index is 478. The summed E-state index contributed by atoms with van der Waals surface area (Å²) in [6.45, 7) is 9.80. The summed E-state index contributed by atoms with van der Waals surface area (Å²) in [6, 6.07) is 0. The fourth-order valence-electron chi connectivity index (χ4n) is 3.19. The van der Waals surface area contributed by atoms with Crippen LogP contribution < -0.4 is 10.6 Å². The Morgan fingerprint density at radius 1 is 1.11 bits per heavy atom. The molecule has 1 amide bonds. The van der Waals surface area contributed by atoms with Gasteiger partial charge >= 0.3 is 6.09 Å². The number of alkyl carbamates (subject to hydrolysis) is 1. The Kier molecular flexibility index (Phi) is 8.67. The zero-order valence-electron chi connectivity index (χ0n) is 17.6. The predicted octanol–water partition coefficient (Wildman–Crippen LogP) is 2.76. The highest BCUT2D eigenvalue weighted by Gasteiger charge is 2.23. The molecule has 0 atom stereocenters. The van der Waals surface area contributed by atoms with Crippen molar-refractivity contribution in [2.24, 2.45) is 10.9 Å². The molecule has 2 fully saturated rings. The van der Waals surface area contributed by atoms with E-state index in [1.165, 1.54) is 19.3 Å². The van der Waals surface area contributed by atoms with Crippen molar-refractivity contribution in [2.45, 2.75) is 71.0 Å². The van der Waals surface area contributed by atoms with Crippen LogP contribution in [-0.2, 0) is 9.47 Å². The van der Waals surface area contributed by atoms with Gasteiger partial charge in [-0.2, -0.15) is 0 Å². The van der Waals surface area contributed by atoms with Gasteiger partial charge in [0.25, 0.3) is 0 Å². The molecule has 0 unspecified atom stereocenters. The van der Waals surface area contributed by atoms with Crippen LogP contribution in [0.5, 0.6) is 0 Å². The third-order valence-electron chi connectivity index (χ3n) is 4.83. The molecule has 7 heteroatoms. The number of ether oxygens (including phenoxy) is 2. The first kappa shape index (κ1) is 21.8. The predicted molar refractivity (Wildman–Crippen MR) is 108 cm³/mol. The van der Waals surface area contributed by atoms with E-state index in [1.807, 2.05) is 27.8 Å². The molecule has 0 spiro atoms. The maximum Gasteiger partial charge on any atom is 0.407 e. The van der Waals surface area contributed by atoms with Crippen LogP contribution in [0, 0.1) is 5.92 Å². The lowest BCUT2D eigenvalue weighted by Crippen LogP contribution is -2.47. The van der Waals surface area contributed by atoms with Gasteiger partial charge in [0.05, 0.1) is 6.10 Å². The Morgan fingerprint density at radius 2 is 1.81 bits per heavy atom.